The molecule has 6 nitrogen and oxygen atoms in total. The number of hydrogen-bond donors (Lipinski definition) is 0. The first-order valence-corrected chi connectivity index (χ1v) is 10.5. The maximum Gasteiger partial charge on any atom is 0.264 e. The Kier molecular flexibility index (Phi) is 6.27. The van der Waals surface area contributed by atoms with Gasteiger partial charge in [-0.3, -0.25) is 4.79 Å². The molecular weight excluding hydrogens is 402 g/mol. The van der Waals surface area contributed by atoms with Crippen LogP contribution in [-0.4, -0.2) is 51.2 Å². The third-order valence-corrected chi connectivity index (χ3v) is 5.78. The van der Waals surface area contributed by atoms with E-state index in [2.05, 4.69) is 23.1 Å². The first-order valence-electron chi connectivity index (χ1n) is 10.5. The Morgan fingerprint density at radius 1 is 0.969 bits per heavy atom. The molecule has 3 aromatic rings. The molecule has 162 valence electrons. The van der Waals surface area contributed by atoms with Gasteiger partial charge in [-0.25, -0.2) is 0 Å². The Bertz CT molecular complexity index is 1180. The summed E-state index contributed by atoms with van der Waals surface area (Å²) in [7, 11) is 3.19. The third-order valence-electron chi connectivity index (χ3n) is 5.78. The number of carbonyl (C=O) groups is 1. The molecule has 32 heavy (non-hydrogen) atoms. The van der Waals surface area contributed by atoms with E-state index in [1.54, 1.807) is 25.2 Å². The minimum absolute atomic E-state index is 0.0896. The normalized spacial score (nSPS) is 14.2. The number of nitriles is 1. The molecule has 0 atom stereocenters. The summed E-state index contributed by atoms with van der Waals surface area (Å²) < 4.78 is 10.9. The summed E-state index contributed by atoms with van der Waals surface area (Å²) in [5, 5.41) is 11.6. The molecule has 1 aliphatic heterocycles. The Morgan fingerprint density at radius 2 is 1.69 bits per heavy atom. The molecule has 1 fully saturated rings. The standard InChI is InChI=1S/C26H25N3O3/c1-31-22-10-8-19-9-11-25(32-2)24(23(19)17-22)16-20(18-27)26(30)29-14-12-28(13-15-29)21-6-4-3-5-7-21/h3-11,16-17H,12-15H2,1-2H3/b20-16-. The quantitative estimate of drug-likeness (QED) is 0.453. The molecule has 1 saturated heterocycles. The van der Waals surface area contributed by atoms with Crippen LogP contribution in [0.25, 0.3) is 16.8 Å². The number of anilines is 1. The Labute approximate surface area is 187 Å². The van der Waals surface area contributed by atoms with Crippen molar-refractivity contribution < 1.29 is 14.3 Å². The highest BCUT2D eigenvalue weighted by atomic mass is 16.5. The second-order valence-electron chi connectivity index (χ2n) is 7.55. The molecule has 0 spiro atoms. The van der Waals surface area contributed by atoms with Gasteiger partial charge in [-0.15, -0.1) is 0 Å². The molecule has 0 aliphatic carbocycles. The maximum absolute atomic E-state index is 13.2. The first kappa shape index (κ1) is 21.3. The molecule has 0 unspecified atom stereocenters. The zero-order valence-electron chi connectivity index (χ0n) is 18.2. The lowest BCUT2D eigenvalue weighted by Gasteiger charge is -2.36. The van der Waals surface area contributed by atoms with Crippen LogP contribution in [0.4, 0.5) is 5.69 Å². The maximum atomic E-state index is 13.2. The summed E-state index contributed by atoms with van der Waals surface area (Å²) in [5.74, 6) is 1.03. The fourth-order valence-electron chi connectivity index (χ4n) is 4.02. The lowest BCUT2D eigenvalue weighted by molar-refractivity contribution is -0.126. The molecule has 6 heteroatoms. The van der Waals surface area contributed by atoms with Gasteiger partial charge in [0.2, 0.25) is 0 Å². The average molecular weight is 428 g/mol. The highest BCUT2D eigenvalue weighted by Gasteiger charge is 2.24. The smallest absolute Gasteiger partial charge is 0.264 e. The fourth-order valence-corrected chi connectivity index (χ4v) is 4.02. The molecule has 4 rings (SSSR count). The number of hydrogen-bond acceptors (Lipinski definition) is 5. The molecule has 3 aromatic carbocycles. The van der Waals surface area contributed by atoms with Crippen LogP contribution >= 0.6 is 0 Å². The van der Waals surface area contributed by atoms with Crippen LogP contribution in [0.2, 0.25) is 0 Å². The number of amides is 1. The van der Waals surface area contributed by atoms with Crippen molar-refractivity contribution in [1.29, 1.82) is 5.26 Å². The van der Waals surface area contributed by atoms with Crippen molar-refractivity contribution in [3.63, 3.8) is 0 Å². The molecule has 0 radical (unpaired) electrons. The molecular formula is C26H25N3O3. The van der Waals surface area contributed by atoms with Gasteiger partial charge in [0.15, 0.2) is 0 Å². The molecule has 1 heterocycles. The predicted molar refractivity (Wildman–Crippen MR) is 126 cm³/mol. The van der Waals surface area contributed by atoms with Crippen molar-refractivity contribution in [2.24, 2.45) is 0 Å². The van der Waals surface area contributed by atoms with Gasteiger partial charge in [0.25, 0.3) is 5.91 Å². The second-order valence-corrected chi connectivity index (χ2v) is 7.55. The molecule has 0 saturated carbocycles. The Balaban J connectivity index is 1.61. The van der Waals surface area contributed by atoms with Gasteiger partial charge in [-0.05, 0) is 47.2 Å². The van der Waals surface area contributed by atoms with Crippen molar-refractivity contribution in [2.45, 2.75) is 0 Å². The van der Waals surface area contributed by atoms with Crippen LogP contribution in [0.15, 0.2) is 66.2 Å². The van der Waals surface area contributed by atoms with E-state index in [4.69, 9.17) is 9.47 Å². The predicted octanol–water partition coefficient (Wildman–Crippen LogP) is 4.11. The molecule has 0 N–H and O–H groups in total. The number of rotatable bonds is 5. The van der Waals surface area contributed by atoms with Crippen LogP contribution in [0.1, 0.15) is 5.56 Å². The summed E-state index contributed by atoms with van der Waals surface area (Å²) in [6.07, 6.45) is 1.63. The van der Waals surface area contributed by atoms with Crippen LogP contribution < -0.4 is 14.4 Å². The number of para-hydroxylation sites is 1. The number of piperazine rings is 1. The van der Waals surface area contributed by atoms with E-state index in [0.29, 0.717) is 30.2 Å². The van der Waals surface area contributed by atoms with Gasteiger partial charge in [0, 0.05) is 37.4 Å². The van der Waals surface area contributed by atoms with Crippen LogP contribution in [-0.2, 0) is 4.79 Å². The first-order chi connectivity index (χ1) is 15.6. The molecule has 0 bridgehead atoms. The van der Waals surface area contributed by atoms with Crippen LogP contribution in [0.5, 0.6) is 11.5 Å². The van der Waals surface area contributed by atoms with E-state index in [9.17, 15) is 10.1 Å². The number of nitrogens with zero attached hydrogens (tertiary/aromatic N) is 3. The van der Waals surface area contributed by atoms with Gasteiger partial charge >= 0.3 is 0 Å². The van der Waals surface area contributed by atoms with Crippen LogP contribution in [0, 0.1) is 11.3 Å². The van der Waals surface area contributed by atoms with E-state index in [0.717, 1.165) is 29.5 Å². The second kappa shape index (κ2) is 9.44. The van der Waals surface area contributed by atoms with E-state index in [1.807, 2.05) is 48.5 Å². The number of carbonyl (C=O) groups excluding carboxylic acids is 1. The lowest BCUT2D eigenvalue weighted by Crippen LogP contribution is -2.49. The van der Waals surface area contributed by atoms with Gasteiger partial charge in [-0.2, -0.15) is 5.26 Å². The Hall–Kier alpha value is -3.98. The third kappa shape index (κ3) is 4.23. The summed E-state index contributed by atoms with van der Waals surface area (Å²) in [5.41, 5.74) is 1.92. The summed E-state index contributed by atoms with van der Waals surface area (Å²) in [6.45, 7) is 2.58. The van der Waals surface area contributed by atoms with E-state index < -0.39 is 0 Å². The van der Waals surface area contributed by atoms with Gasteiger partial charge in [-0.1, -0.05) is 30.3 Å². The van der Waals surface area contributed by atoms with Crippen molar-refractivity contribution in [2.75, 3.05) is 45.3 Å². The Morgan fingerprint density at radius 3 is 2.34 bits per heavy atom. The highest BCUT2D eigenvalue weighted by molar-refractivity contribution is 6.05. The molecule has 1 aliphatic rings. The number of ether oxygens (including phenoxy) is 2. The van der Waals surface area contributed by atoms with Gasteiger partial charge in [0.1, 0.15) is 23.1 Å². The molecule has 0 aromatic heterocycles. The topological polar surface area (TPSA) is 65.8 Å². The SMILES string of the molecule is COc1ccc2ccc(OC)c(/C=C(/C#N)C(=O)N3CCN(c4ccccc4)CC3)c2c1. The van der Waals surface area contributed by atoms with E-state index >= 15 is 0 Å². The average Bonchev–Trinajstić information content (AvgIpc) is 2.87. The minimum atomic E-state index is -0.262. The van der Waals surface area contributed by atoms with Crippen molar-refractivity contribution in [3.8, 4) is 17.6 Å². The number of fused-ring (bicyclic) bond motifs is 1. The monoisotopic (exact) mass is 427 g/mol. The van der Waals surface area contributed by atoms with E-state index in [-0.39, 0.29) is 11.5 Å². The van der Waals surface area contributed by atoms with Crippen LogP contribution in [0.3, 0.4) is 0 Å². The van der Waals surface area contributed by atoms with Crippen molar-refractivity contribution in [1.82, 2.24) is 4.90 Å². The minimum Gasteiger partial charge on any atom is -0.497 e. The number of methoxy groups -OCH3 is 2. The zero-order valence-corrected chi connectivity index (χ0v) is 18.2. The zero-order chi connectivity index (χ0) is 22.5. The lowest BCUT2D eigenvalue weighted by atomic mass is 10.0. The molecule has 1 amide bonds. The van der Waals surface area contributed by atoms with Crippen molar-refractivity contribution in [3.05, 3.63) is 71.8 Å². The summed E-state index contributed by atoms with van der Waals surface area (Å²) >= 11 is 0. The van der Waals surface area contributed by atoms with Crippen molar-refractivity contribution >= 4 is 28.4 Å². The summed E-state index contributed by atoms with van der Waals surface area (Å²) in [6, 6.07) is 21.8. The van der Waals surface area contributed by atoms with Gasteiger partial charge in [0.05, 0.1) is 14.2 Å². The highest BCUT2D eigenvalue weighted by Crippen LogP contribution is 2.32. The fraction of sp³-hybridized carbons (Fsp3) is 0.231. The largest absolute Gasteiger partial charge is 0.497 e. The summed E-state index contributed by atoms with van der Waals surface area (Å²) in [4.78, 5) is 17.2. The van der Waals surface area contributed by atoms with E-state index in [1.165, 1.54) is 0 Å². The van der Waals surface area contributed by atoms with Gasteiger partial charge < -0.3 is 19.3 Å². The number of benzene rings is 3.